The lowest BCUT2D eigenvalue weighted by Gasteiger charge is -2.15. The molecule has 7 heteroatoms. The van der Waals surface area contributed by atoms with Gasteiger partial charge in [0.2, 0.25) is 10.0 Å². The fraction of sp³-hybridized carbons (Fsp3) is 0.500. The van der Waals surface area contributed by atoms with Gasteiger partial charge in [0, 0.05) is 0 Å². The summed E-state index contributed by atoms with van der Waals surface area (Å²) in [6.07, 6.45) is 0. The van der Waals surface area contributed by atoms with Gasteiger partial charge in [-0.3, -0.25) is 0 Å². The molecule has 0 aromatic heterocycles. The van der Waals surface area contributed by atoms with Gasteiger partial charge in [0.1, 0.15) is 0 Å². The quantitative estimate of drug-likeness (QED) is 0.791. The van der Waals surface area contributed by atoms with E-state index in [1.54, 1.807) is 0 Å². The van der Waals surface area contributed by atoms with E-state index in [4.69, 9.17) is 23.2 Å². The van der Waals surface area contributed by atoms with E-state index in [2.05, 4.69) is 18.6 Å². The van der Waals surface area contributed by atoms with Gasteiger partial charge in [0.15, 0.2) is 0 Å². The van der Waals surface area contributed by atoms with Crippen molar-refractivity contribution in [2.75, 3.05) is 26.2 Å². The van der Waals surface area contributed by atoms with Gasteiger partial charge < -0.3 is 4.90 Å². The molecule has 0 amide bonds. The lowest BCUT2D eigenvalue weighted by Crippen LogP contribution is -3.12. The zero-order valence-electron chi connectivity index (χ0n) is 11.0. The summed E-state index contributed by atoms with van der Waals surface area (Å²) in [6.45, 7) is 7.27. The van der Waals surface area contributed by atoms with Gasteiger partial charge in [-0.2, -0.15) is 0 Å². The Hall–Kier alpha value is -0.330. The van der Waals surface area contributed by atoms with Gasteiger partial charge in [0.25, 0.3) is 0 Å². The third kappa shape index (κ3) is 4.93. The van der Waals surface area contributed by atoms with Crippen molar-refractivity contribution in [1.29, 1.82) is 0 Å². The zero-order chi connectivity index (χ0) is 14.5. The Morgan fingerprint density at radius 3 is 2.32 bits per heavy atom. The molecule has 0 heterocycles. The molecule has 0 saturated carbocycles. The Morgan fingerprint density at radius 2 is 1.79 bits per heavy atom. The van der Waals surface area contributed by atoms with Crippen LogP contribution in [-0.4, -0.2) is 34.6 Å². The van der Waals surface area contributed by atoms with E-state index >= 15 is 0 Å². The van der Waals surface area contributed by atoms with Gasteiger partial charge >= 0.3 is 0 Å². The average molecular weight is 326 g/mol. The summed E-state index contributed by atoms with van der Waals surface area (Å²) >= 11 is 11.6. The number of hydrogen-bond donors (Lipinski definition) is 2. The Kier molecular flexibility index (Phi) is 6.56. The van der Waals surface area contributed by atoms with Crippen molar-refractivity contribution >= 4 is 33.2 Å². The molecule has 1 rings (SSSR count). The molecule has 0 aliphatic rings. The predicted octanol–water partition coefficient (Wildman–Crippen LogP) is 1.20. The first kappa shape index (κ1) is 16.7. The highest BCUT2D eigenvalue weighted by Gasteiger charge is 2.15. The van der Waals surface area contributed by atoms with Gasteiger partial charge in [-0.05, 0) is 32.0 Å². The second kappa shape index (κ2) is 7.45. The molecule has 0 aliphatic carbocycles. The molecule has 19 heavy (non-hydrogen) atoms. The smallest absolute Gasteiger partial charge is 0.240 e. The predicted molar refractivity (Wildman–Crippen MR) is 78.6 cm³/mol. The Balaban J connectivity index is 2.68. The van der Waals surface area contributed by atoms with Crippen molar-refractivity contribution in [3.63, 3.8) is 0 Å². The summed E-state index contributed by atoms with van der Waals surface area (Å²) in [5.41, 5.74) is 0. The summed E-state index contributed by atoms with van der Waals surface area (Å²) in [6, 6.07) is 4.28. The van der Waals surface area contributed by atoms with Gasteiger partial charge in [-0.15, -0.1) is 0 Å². The van der Waals surface area contributed by atoms with E-state index in [0.717, 1.165) is 19.6 Å². The molecule has 0 saturated heterocycles. The van der Waals surface area contributed by atoms with E-state index in [1.165, 1.54) is 23.1 Å². The first-order valence-corrected chi connectivity index (χ1v) is 8.43. The summed E-state index contributed by atoms with van der Waals surface area (Å²) < 4.78 is 26.6. The zero-order valence-corrected chi connectivity index (χ0v) is 13.4. The number of quaternary nitrogens is 1. The Bertz CT molecular complexity index is 516. The summed E-state index contributed by atoms with van der Waals surface area (Å²) in [4.78, 5) is 1.48. The molecule has 1 aromatic carbocycles. The van der Waals surface area contributed by atoms with Crippen molar-refractivity contribution in [2.24, 2.45) is 0 Å². The lowest BCUT2D eigenvalue weighted by molar-refractivity contribution is -0.895. The van der Waals surface area contributed by atoms with E-state index in [0.29, 0.717) is 11.6 Å². The van der Waals surface area contributed by atoms with Crippen LogP contribution < -0.4 is 9.62 Å². The molecular formula is C12H19Cl2N2O2S+. The number of nitrogens with one attached hydrogen (secondary N) is 2. The standard InChI is InChI=1S/C12H18Cl2N2O2S/c1-3-16(4-2)8-7-15-19(17,18)10-5-6-11(13)12(14)9-10/h5-6,9,15H,3-4,7-8H2,1-2H3/p+1. The minimum atomic E-state index is -3.52. The molecule has 0 bridgehead atoms. The molecule has 0 aliphatic heterocycles. The Morgan fingerprint density at radius 1 is 1.16 bits per heavy atom. The molecule has 0 unspecified atom stereocenters. The van der Waals surface area contributed by atoms with Crippen LogP contribution in [0.25, 0.3) is 0 Å². The van der Waals surface area contributed by atoms with Crippen LogP contribution in [0.5, 0.6) is 0 Å². The maximum atomic E-state index is 12.0. The molecule has 2 N–H and O–H groups in total. The van der Waals surface area contributed by atoms with Crippen molar-refractivity contribution in [3.8, 4) is 0 Å². The third-order valence-electron chi connectivity index (χ3n) is 2.97. The highest BCUT2D eigenvalue weighted by atomic mass is 35.5. The lowest BCUT2D eigenvalue weighted by atomic mass is 10.4. The van der Waals surface area contributed by atoms with E-state index < -0.39 is 10.0 Å². The van der Waals surface area contributed by atoms with Crippen molar-refractivity contribution in [3.05, 3.63) is 28.2 Å². The Labute approximate surface area is 124 Å². The molecule has 1 aromatic rings. The average Bonchev–Trinajstić information content (AvgIpc) is 2.37. The molecule has 4 nitrogen and oxygen atoms in total. The number of benzene rings is 1. The fourth-order valence-electron chi connectivity index (χ4n) is 1.69. The van der Waals surface area contributed by atoms with Crippen molar-refractivity contribution in [1.82, 2.24) is 4.72 Å². The van der Waals surface area contributed by atoms with Crippen LogP contribution >= 0.6 is 23.2 Å². The number of rotatable bonds is 7. The summed E-state index contributed by atoms with van der Waals surface area (Å²) in [5.74, 6) is 0. The van der Waals surface area contributed by atoms with Crippen LogP contribution in [0, 0.1) is 0 Å². The fourth-order valence-corrected chi connectivity index (χ4v) is 3.11. The van der Waals surface area contributed by atoms with Crippen LogP contribution in [0.3, 0.4) is 0 Å². The maximum absolute atomic E-state index is 12.0. The number of likely N-dealkylation sites (N-methyl/N-ethyl adjacent to an activating group) is 1. The topological polar surface area (TPSA) is 50.6 Å². The second-order valence-electron chi connectivity index (χ2n) is 4.18. The molecule has 0 atom stereocenters. The van der Waals surface area contributed by atoms with Gasteiger partial charge in [-0.25, -0.2) is 13.1 Å². The molecular weight excluding hydrogens is 307 g/mol. The first-order valence-electron chi connectivity index (χ1n) is 6.19. The summed E-state index contributed by atoms with van der Waals surface area (Å²) in [7, 11) is -3.52. The molecule has 0 fully saturated rings. The highest BCUT2D eigenvalue weighted by Crippen LogP contribution is 2.24. The van der Waals surface area contributed by atoms with Crippen molar-refractivity contribution in [2.45, 2.75) is 18.7 Å². The highest BCUT2D eigenvalue weighted by molar-refractivity contribution is 7.89. The van der Waals surface area contributed by atoms with E-state index in [1.807, 2.05) is 0 Å². The minimum Gasteiger partial charge on any atom is -0.334 e. The summed E-state index contributed by atoms with van der Waals surface area (Å²) in [5, 5.41) is 0.576. The normalized spacial score (nSPS) is 12.1. The first-order chi connectivity index (χ1) is 8.90. The van der Waals surface area contributed by atoms with Crippen LogP contribution in [-0.2, 0) is 10.0 Å². The van der Waals surface area contributed by atoms with Crippen LogP contribution in [0.15, 0.2) is 23.1 Å². The third-order valence-corrected chi connectivity index (χ3v) is 5.17. The monoisotopic (exact) mass is 325 g/mol. The van der Waals surface area contributed by atoms with Crippen LogP contribution in [0.4, 0.5) is 0 Å². The van der Waals surface area contributed by atoms with E-state index in [-0.39, 0.29) is 9.92 Å². The SMILES string of the molecule is CC[NH+](CC)CCNS(=O)(=O)c1ccc(Cl)c(Cl)c1. The van der Waals surface area contributed by atoms with Gasteiger partial charge in [0.05, 0.1) is 41.1 Å². The van der Waals surface area contributed by atoms with Gasteiger partial charge in [-0.1, -0.05) is 23.2 Å². The van der Waals surface area contributed by atoms with Crippen LogP contribution in [0.1, 0.15) is 13.8 Å². The number of halogens is 2. The maximum Gasteiger partial charge on any atom is 0.240 e. The van der Waals surface area contributed by atoms with E-state index in [9.17, 15) is 8.42 Å². The van der Waals surface area contributed by atoms with Crippen molar-refractivity contribution < 1.29 is 13.3 Å². The number of hydrogen-bond acceptors (Lipinski definition) is 2. The van der Waals surface area contributed by atoms with Crippen LogP contribution in [0.2, 0.25) is 10.0 Å². The largest absolute Gasteiger partial charge is 0.334 e. The number of sulfonamides is 1. The minimum absolute atomic E-state index is 0.136. The second-order valence-corrected chi connectivity index (χ2v) is 6.76. The molecule has 108 valence electrons. The molecule has 0 spiro atoms. The molecule has 0 radical (unpaired) electrons.